The summed E-state index contributed by atoms with van der Waals surface area (Å²) in [4.78, 5) is 20.7. The second-order valence-corrected chi connectivity index (χ2v) is 3.62. The average Bonchev–Trinajstić information content (AvgIpc) is 2.82. The highest BCUT2D eigenvalue weighted by Crippen LogP contribution is 2.43. The molecule has 13 heavy (non-hydrogen) atoms. The molecule has 2 fully saturated rings. The monoisotopic (exact) mass is 185 g/mol. The first kappa shape index (κ1) is 8.53. The van der Waals surface area contributed by atoms with Crippen LogP contribution >= 0.6 is 0 Å². The summed E-state index contributed by atoms with van der Waals surface area (Å²) in [7, 11) is 0. The lowest BCUT2D eigenvalue weighted by molar-refractivity contribution is -0.166. The third kappa shape index (κ3) is 1.30. The molecule has 0 unspecified atom stereocenters. The van der Waals surface area contributed by atoms with Crippen molar-refractivity contribution in [2.24, 2.45) is 0 Å². The fraction of sp³-hybridized carbons (Fsp3) is 0.778. The van der Waals surface area contributed by atoms with Gasteiger partial charge in [-0.25, -0.2) is 4.79 Å². The van der Waals surface area contributed by atoms with Gasteiger partial charge in [0.15, 0.2) is 0 Å². The van der Waals surface area contributed by atoms with Gasteiger partial charge in [0.2, 0.25) is 0 Å². The molecule has 1 saturated heterocycles. The Kier molecular flexibility index (Phi) is 1.78. The zero-order valence-corrected chi connectivity index (χ0v) is 7.58. The normalized spacial score (nSPS) is 29.8. The molecule has 1 atom stereocenters. The molecule has 0 aromatic heterocycles. The van der Waals surface area contributed by atoms with Gasteiger partial charge in [0.25, 0.3) is 11.7 Å². The molecule has 1 aliphatic carbocycles. The minimum Gasteiger partial charge on any atom is -0.436 e. The molecule has 0 radical (unpaired) electrons. The Labute approximate surface area is 76.2 Å². The number of cyclic esters (lactones) is 1. The highest BCUT2D eigenvalue weighted by molar-refractivity contribution is 5.93. The first-order chi connectivity index (χ1) is 6.18. The molecule has 0 aromatic carbocycles. The van der Waals surface area contributed by atoms with Gasteiger partial charge in [-0.2, -0.15) is 0 Å². The summed E-state index contributed by atoms with van der Waals surface area (Å²) in [5.74, 6) is -0.442. The van der Waals surface area contributed by atoms with Gasteiger partial charge in [-0.05, 0) is 6.42 Å². The van der Waals surface area contributed by atoms with Crippen LogP contribution in [-0.2, 0) is 14.3 Å². The van der Waals surface area contributed by atoms with E-state index in [2.05, 4.69) is 0 Å². The molecular formula is C9H13O4+. The summed E-state index contributed by atoms with van der Waals surface area (Å²) in [5.41, 5.74) is -0.763. The van der Waals surface area contributed by atoms with Gasteiger partial charge in [0.05, 0.1) is 0 Å². The van der Waals surface area contributed by atoms with Crippen molar-refractivity contribution in [3.63, 3.8) is 0 Å². The van der Waals surface area contributed by atoms with Crippen LogP contribution in [0.25, 0.3) is 0 Å². The van der Waals surface area contributed by atoms with Crippen molar-refractivity contribution in [1.29, 1.82) is 0 Å². The first-order valence-electron chi connectivity index (χ1n) is 4.64. The van der Waals surface area contributed by atoms with Crippen LogP contribution in [-0.4, -0.2) is 28.4 Å². The third-order valence-electron chi connectivity index (χ3n) is 2.46. The van der Waals surface area contributed by atoms with E-state index in [9.17, 15) is 9.59 Å². The Morgan fingerprint density at radius 2 is 2.31 bits per heavy atom. The Bertz CT molecular complexity index is 254. The summed E-state index contributed by atoms with van der Waals surface area (Å²) in [6.45, 7) is 1.95. The molecule has 4 heteroatoms. The molecular weight excluding hydrogens is 172 g/mol. The van der Waals surface area contributed by atoms with Crippen LogP contribution in [0, 0.1) is 0 Å². The highest BCUT2D eigenvalue weighted by Gasteiger charge is 2.66. The van der Waals surface area contributed by atoms with Crippen molar-refractivity contribution < 1.29 is 19.1 Å². The van der Waals surface area contributed by atoms with Gasteiger partial charge in [-0.15, -0.1) is 0 Å². The molecule has 72 valence electrons. The molecule has 2 rings (SSSR count). The van der Waals surface area contributed by atoms with E-state index in [0.717, 1.165) is 6.42 Å². The van der Waals surface area contributed by atoms with E-state index in [1.54, 1.807) is 0 Å². The lowest BCUT2D eigenvalue weighted by Gasteiger charge is -2.20. The minimum absolute atomic E-state index is 0.106. The van der Waals surface area contributed by atoms with Gasteiger partial charge >= 0.3 is 11.9 Å². The Balaban J connectivity index is 2.04. The number of ether oxygens (including phenoxy) is 2. The lowest BCUT2D eigenvalue weighted by atomic mass is 10.2. The van der Waals surface area contributed by atoms with Crippen LogP contribution in [0.5, 0.6) is 0 Å². The number of carbonyl (C=O) groups is 1. The number of carbonyl (C=O) groups excluding carboxylic acids is 2. The summed E-state index contributed by atoms with van der Waals surface area (Å²) >= 11 is 0. The van der Waals surface area contributed by atoms with Crippen molar-refractivity contribution in [2.45, 2.75) is 44.3 Å². The molecule has 1 aliphatic heterocycles. The second kappa shape index (κ2) is 2.72. The molecule has 1 N–H and O–H groups in total. The maximum atomic E-state index is 11.3. The predicted octanol–water partition coefficient (Wildman–Crippen LogP) is 0.764. The van der Waals surface area contributed by atoms with E-state index in [1.165, 1.54) is 0 Å². The van der Waals surface area contributed by atoms with Gasteiger partial charge in [0.1, 0.15) is 0 Å². The van der Waals surface area contributed by atoms with Crippen molar-refractivity contribution in [1.82, 2.24) is 0 Å². The number of rotatable bonds is 2. The van der Waals surface area contributed by atoms with Crippen molar-refractivity contribution >= 4 is 11.9 Å². The highest BCUT2D eigenvalue weighted by atomic mass is 16.7. The van der Waals surface area contributed by atoms with Gasteiger partial charge < -0.3 is 14.3 Å². The van der Waals surface area contributed by atoms with Crippen LogP contribution in [0.1, 0.15) is 32.6 Å². The predicted molar refractivity (Wildman–Crippen MR) is 44.8 cm³/mol. The molecule has 0 aromatic rings. The summed E-state index contributed by atoms with van der Waals surface area (Å²) in [6.07, 6.45) is 2.20. The Morgan fingerprint density at radius 3 is 2.85 bits per heavy atom. The standard InChI is InChI=1S/C9H12O4/c1-2-3-6-7(10)13-9(4-5-9)8(11)12-6/h6H,2-5H2,1H3/p+1/t6-/m1/s1. The van der Waals surface area contributed by atoms with E-state index in [-0.39, 0.29) is 11.9 Å². The lowest BCUT2D eigenvalue weighted by Crippen LogP contribution is -2.45. The molecule has 1 spiro atoms. The number of hydrogen-bond acceptors (Lipinski definition) is 3. The summed E-state index contributed by atoms with van der Waals surface area (Å²) < 4.78 is 10.2. The van der Waals surface area contributed by atoms with Gasteiger partial charge in [-0.1, -0.05) is 6.92 Å². The van der Waals surface area contributed by atoms with E-state index in [1.807, 2.05) is 6.92 Å². The summed E-state index contributed by atoms with van der Waals surface area (Å²) in [5, 5.41) is 0. The van der Waals surface area contributed by atoms with Crippen LogP contribution in [0.2, 0.25) is 0 Å². The minimum atomic E-state index is -0.763. The number of esters is 2. The van der Waals surface area contributed by atoms with E-state index < -0.39 is 11.7 Å². The topological polar surface area (TPSA) is 56.9 Å². The van der Waals surface area contributed by atoms with Gasteiger partial charge in [0, 0.05) is 19.3 Å². The van der Waals surface area contributed by atoms with Crippen molar-refractivity contribution in [3.8, 4) is 0 Å². The van der Waals surface area contributed by atoms with Crippen LogP contribution in [0.3, 0.4) is 0 Å². The summed E-state index contributed by atoms with van der Waals surface area (Å²) in [6, 6.07) is 0. The largest absolute Gasteiger partial charge is 0.529 e. The van der Waals surface area contributed by atoms with Gasteiger partial charge in [-0.3, -0.25) is 0 Å². The first-order valence-corrected chi connectivity index (χ1v) is 4.64. The molecule has 1 heterocycles. The number of hydrogen-bond donors (Lipinski definition) is 0. The Morgan fingerprint density at radius 1 is 1.62 bits per heavy atom. The van der Waals surface area contributed by atoms with E-state index >= 15 is 0 Å². The molecule has 0 amide bonds. The average molecular weight is 185 g/mol. The van der Waals surface area contributed by atoms with Crippen LogP contribution < -0.4 is 0 Å². The van der Waals surface area contributed by atoms with Crippen LogP contribution in [0.15, 0.2) is 0 Å². The van der Waals surface area contributed by atoms with E-state index in [0.29, 0.717) is 19.3 Å². The van der Waals surface area contributed by atoms with Crippen molar-refractivity contribution in [2.75, 3.05) is 0 Å². The van der Waals surface area contributed by atoms with Crippen molar-refractivity contribution in [3.05, 3.63) is 0 Å². The fourth-order valence-corrected chi connectivity index (χ4v) is 1.46. The molecule has 2 aliphatic rings. The smallest absolute Gasteiger partial charge is 0.436 e. The zero-order valence-electron chi connectivity index (χ0n) is 7.58. The van der Waals surface area contributed by atoms with E-state index in [4.69, 9.17) is 9.47 Å². The molecule has 1 saturated carbocycles. The fourth-order valence-electron chi connectivity index (χ4n) is 1.46. The quantitative estimate of drug-likeness (QED) is 0.471. The molecule has 4 nitrogen and oxygen atoms in total. The zero-order chi connectivity index (χ0) is 9.47. The maximum absolute atomic E-state index is 11.3. The van der Waals surface area contributed by atoms with Crippen LogP contribution in [0.4, 0.5) is 0 Å². The SMILES string of the molecule is CCC[C@H]1OC(=[OH+])C2(CC2)OC1=O. The maximum Gasteiger partial charge on any atom is 0.529 e. The second-order valence-electron chi connectivity index (χ2n) is 3.62. The Hall–Kier alpha value is -1.06. The molecule has 0 bridgehead atoms. The third-order valence-corrected chi connectivity index (χ3v) is 2.46.